The van der Waals surface area contributed by atoms with Crippen LogP contribution in [0.15, 0.2) is 42.5 Å². The first-order valence-corrected chi connectivity index (χ1v) is 9.05. The topological polar surface area (TPSA) is 67.9 Å². The van der Waals surface area contributed by atoms with Gasteiger partial charge in [0.05, 0.1) is 19.3 Å². The quantitative estimate of drug-likeness (QED) is 0.881. The monoisotopic (exact) mass is 368 g/mol. The molecule has 6 heteroatoms. The zero-order chi connectivity index (χ0) is 19.4. The molecular formula is C21H24N2O4. The normalized spacial score (nSPS) is 15.5. The van der Waals surface area contributed by atoms with Crippen molar-refractivity contribution in [2.45, 2.75) is 26.4 Å². The molecule has 2 aromatic rings. The lowest BCUT2D eigenvalue weighted by molar-refractivity contribution is -0.127. The number of amides is 2. The number of aryl methyl sites for hydroxylation is 1. The Labute approximate surface area is 159 Å². The van der Waals surface area contributed by atoms with Crippen LogP contribution in [0.2, 0.25) is 0 Å². The van der Waals surface area contributed by atoms with Gasteiger partial charge in [-0.25, -0.2) is 0 Å². The molecule has 2 aromatic carbocycles. The number of rotatable bonds is 5. The van der Waals surface area contributed by atoms with Crippen molar-refractivity contribution >= 4 is 17.5 Å². The average Bonchev–Trinajstić information content (AvgIpc) is 2.71. The van der Waals surface area contributed by atoms with Gasteiger partial charge in [-0.1, -0.05) is 25.1 Å². The van der Waals surface area contributed by atoms with Crippen molar-refractivity contribution in [1.82, 2.24) is 5.32 Å². The Morgan fingerprint density at radius 2 is 2.04 bits per heavy atom. The molecule has 0 saturated carbocycles. The van der Waals surface area contributed by atoms with Gasteiger partial charge in [0.2, 0.25) is 0 Å². The van der Waals surface area contributed by atoms with Gasteiger partial charge in [-0.15, -0.1) is 0 Å². The molecule has 0 bridgehead atoms. The molecular weight excluding hydrogens is 344 g/mol. The Hall–Kier alpha value is -3.02. The molecule has 1 aliphatic rings. The molecule has 1 N–H and O–H groups in total. The molecule has 0 saturated heterocycles. The number of hydrogen-bond donors (Lipinski definition) is 1. The molecule has 142 valence electrons. The number of nitrogens with one attached hydrogen (secondary N) is 1. The molecule has 6 nitrogen and oxygen atoms in total. The number of anilines is 1. The van der Waals surface area contributed by atoms with Gasteiger partial charge in [0, 0.05) is 12.1 Å². The summed E-state index contributed by atoms with van der Waals surface area (Å²) in [7, 11) is 1.58. The number of methoxy groups -OCH3 is 1. The fraction of sp³-hybridized carbons (Fsp3) is 0.333. The molecule has 0 aromatic heterocycles. The number of fused-ring (bicyclic) bond motifs is 1. The third kappa shape index (κ3) is 3.89. The molecule has 1 aliphatic heterocycles. The summed E-state index contributed by atoms with van der Waals surface area (Å²) in [6.45, 7) is 4.63. The summed E-state index contributed by atoms with van der Waals surface area (Å²) < 4.78 is 11.2. The van der Waals surface area contributed by atoms with Crippen LogP contribution in [0, 0.1) is 6.92 Å². The predicted molar refractivity (Wildman–Crippen MR) is 104 cm³/mol. The summed E-state index contributed by atoms with van der Waals surface area (Å²) in [5, 5.41) is 2.84. The summed E-state index contributed by atoms with van der Waals surface area (Å²) in [4.78, 5) is 27.2. The Morgan fingerprint density at radius 1 is 1.26 bits per heavy atom. The summed E-state index contributed by atoms with van der Waals surface area (Å²) in [6, 6.07) is 12.6. The largest absolute Gasteiger partial charge is 0.496 e. The van der Waals surface area contributed by atoms with Crippen molar-refractivity contribution in [1.29, 1.82) is 0 Å². The van der Waals surface area contributed by atoms with E-state index < -0.39 is 6.10 Å². The number of nitrogens with zero attached hydrogens (tertiary/aromatic N) is 1. The van der Waals surface area contributed by atoms with Gasteiger partial charge in [-0.2, -0.15) is 0 Å². The zero-order valence-corrected chi connectivity index (χ0v) is 15.8. The van der Waals surface area contributed by atoms with E-state index in [0.29, 0.717) is 29.3 Å². The number of para-hydroxylation sites is 2. The Kier molecular flexibility index (Phi) is 5.64. The van der Waals surface area contributed by atoms with Crippen LogP contribution in [0.4, 0.5) is 5.69 Å². The van der Waals surface area contributed by atoms with E-state index in [-0.39, 0.29) is 18.4 Å². The lowest BCUT2D eigenvalue weighted by atomic mass is 10.1. The van der Waals surface area contributed by atoms with Crippen LogP contribution in [0.5, 0.6) is 11.5 Å². The predicted octanol–water partition coefficient (Wildman–Crippen LogP) is 2.94. The molecule has 0 unspecified atom stereocenters. The minimum atomic E-state index is -0.747. The molecule has 1 atom stereocenters. The van der Waals surface area contributed by atoms with Gasteiger partial charge < -0.3 is 19.7 Å². The number of benzene rings is 2. The highest BCUT2D eigenvalue weighted by Crippen LogP contribution is 2.34. The minimum Gasteiger partial charge on any atom is -0.496 e. The van der Waals surface area contributed by atoms with Crippen LogP contribution in [0.25, 0.3) is 0 Å². The van der Waals surface area contributed by atoms with Crippen molar-refractivity contribution in [3.63, 3.8) is 0 Å². The first kappa shape index (κ1) is 18.8. The third-order valence-electron chi connectivity index (χ3n) is 4.52. The summed E-state index contributed by atoms with van der Waals surface area (Å²) in [6.07, 6.45) is 0.0867. The van der Waals surface area contributed by atoms with Gasteiger partial charge in [0.25, 0.3) is 11.8 Å². The van der Waals surface area contributed by atoms with E-state index in [1.807, 2.05) is 38.1 Å². The highest BCUT2D eigenvalue weighted by molar-refractivity contribution is 6.08. The molecule has 0 spiro atoms. The summed E-state index contributed by atoms with van der Waals surface area (Å²) in [5.41, 5.74) is 2.11. The van der Waals surface area contributed by atoms with Crippen LogP contribution in [0.3, 0.4) is 0 Å². The van der Waals surface area contributed by atoms with Gasteiger partial charge in [-0.3, -0.25) is 9.59 Å². The maximum absolute atomic E-state index is 13.2. The van der Waals surface area contributed by atoms with Crippen LogP contribution < -0.4 is 19.7 Å². The second kappa shape index (κ2) is 8.12. The lowest BCUT2D eigenvalue weighted by Gasteiger charge is -2.34. The SMILES string of the molecule is CCCNC(=O)[C@H]1CN(C(=O)c2ccc(C)c(OC)c2)c2ccccc2O1. The molecule has 2 amide bonds. The van der Waals surface area contributed by atoms with Gasteiger partial charge >= 0.3 is 0 Å². The number of hydrogen-bond acceptors (Lipinski definition) is 4. The molecule has 27 heavy (non-hydrogen) atoms. The maximum Gasteiger partial charge on any atom is 0.262 e. The fourth-order valence-electron chi connectivity index (χ4n) is 3.03. The molecule has 0 fully saturated rings. The smallest absolute Gasteiger partial charge is 0.262 e. The van der Waals surface area contributed by atoms with E-state index in [0.717, 1.165) is 12.0 Å². The second-order valence-electron chi connectivity index (χ2n) is 6.47. The second-order valence-corrected chi connectivity index (χ2v) is 6.47. The van der Waals surface area contributed by atoms with Crippen molar-refractivity contribution in [3.8, 4) is 11.5 Å². The highest BCUT2D eigenvalue weighted by Gasteiger charge is 2.34. The van der Waals surface area contributed by atoms with Gasteiger partial charge in [0.1, 0.15) is 11.5 Å². The van der Waals surface area contributed by atoms with E-state index in [4.69, 9.17) is 9.47 Å². The van der Waals surface area contributed by atoms with E-state index in [9.17, 15) is 9.59 Å². The number of ether oxygens (including phenoxy) is 2. The van der Waals surface area contributed by atoms with Crippen molar-refractivity contribution in [2.75, 3.05) is 25.1 Å². The van der Waals surface area contributed by atoms with E-state index in [2.05, 4.69) is 5.32 Å². The Morgan fingerprint density at radius 3 is 2.78 bits per heavy atom. The van der Waals surface area contributed by atoms with Crippen LogP contribution >= 0.6 is 0 Å². The van der Waals surface area contributed by atoms with Crippen LogP contribution in [0.1, 0.15) is 29.3 Å². The van der Waals surface area contributed by atoms with Crippen molar-refractivity contribution < 1.29 is 19.1 Å². The van der Waals surface area contributed by atoms with Crippen molar-refractivity contribution in [3.05, 3.63) is 53.6 Å². The molecule has 1 heterocycles. The van der Waals surface area contributed by atoms with Gasteiger partial charge in [-0.05, 0) is 43.2 Å². The Bertz CT molecular complexity index is 850. The van der Waals surface area contributed by atoms with Crippen molar-refractivity contribution in [2.24, 2.45) is 0 Å². The summed E-state index contributed by atoms with van der Waals surface area (Å²) >= 11 is 0. The Balaban J connectivity index is 1.92. The number of carbonyl (C=O) groups is 2. The van der Waals surface area contributed by atoms with E-state index in [1.165, 1.54) is 0 Å². The van der Waals surface area contributed by atoms with Crippen LogP contribution in [-0.4, -0.2) is 38.1 Å². The van der Waals surface area contributed by atoms with Gasteiger partial charge in [0.15, 0.2) is 6.10 Å². The standard InChI is InChI=1S/C21H24N2O4/c1-4-11-22-20(24)19-13-23(16-7-5-6-8-17(16)27-19)21(25)15-10-9-14(2)18(12-15)26-3/h5-10,12,19H,4,11,13H2,1-3H3,(H,22,24)/t19-/m1/s1. The fourth-order valence-corrected chi connectivity index (χ4v) is 3.03. The first-order valence-electron chi connectivity index (χ1n) is 9.05. The molecule has 3 rings (SSSR count). The van der Waals surface area contributed by atoms with E-state index >= 15 is 0 Å². The first-order chi connectivity index (χ1) is 13.0. The summed E-state index contributed by atoms with van der Waals surface area (Å²) in [5.74, 6) is 0.760. The maximum atomic E-state index is 13.2. The van der Waals surface area contributed by atoms with E-state index in [1.54, 1.807) is 30.2 Å². The molecule has 0 radical (unpaired) electrons. The lowest BCUT2D eigenvalue weighted by Crippen LogP contribution is -2.50. The molecule has 0 aliphatic carbocycles. The van der Waals surface area contributed by atoms with Crippen LogP contribution in [-0.2, 0) is 4.79 Å². The number of carbonyl (C=O) groups excluding carboxylic acids is 2. The third-order valence-corrected chi connectivity index (χ3v) is 4.52. The zero-order valence-electron chi connectivity index (χ0n) is 15.8. The average molecular weight is 368 g/mol. The minimum absolute atomic E-state index is 0.154. The highest BCUT2D eigenvalue weighted by atomic mass is 16.5.